The van der Waals surface area contributed by atoms with Crippen molar-refractivity contribution in [3.8, 4) is 5.75 Å². The Morgan fingerprint density at radius 2 is 2.23 bits per heavy atom. The minimum absolute atomic E-state index is 0.185. The molecule has 0 radical (unpaired) electrons. The lowest BCUT2D eigenvalue weighted by molar-refractivity contribution is 0.182. The molecule has 1 aromatic carbocycles. The first-order chi connectivity index (χ1) is 6.13. The number of nitrogens with two attached hydrogens (primary N) is 1. The van der Waals surface area contributed by atoms with Crippen molar-refractivity contribution in [2.45, 2.75) is 13.0 Å². The predicted octanol–water partition coefficient (Wildman–Crippen LogP) is 2.14. The van der Waals surface area contributed by atoms with Gasteiger partial charge in [0.25, 0.3) is 0 Å². The van der Waals surface area contributed by atoms with Crippen LogP contribution < -0.4 is 10.5 Å². The minimum Gasteiger partial charge on any atom is -0.486 e. The van der Waals surface area contributed by atoms with Crippen LogP contribution >= 0.6 is 0 Å². The molecule has 0 amide bonds. The molecule has 1 rings (SSSR count). The fourth-order valence-electron chi connectivity index (χ4n) is 0.859. The maximum absolute atomic E-state index is 12.7. The molecule has 72 valence electrons. The van der Waals surface area contributed by atoms with E-state index < -0.39 is 18.6 Å². The van der Waals surface area contributed by atoms with Crippen LogP contribution in [-0.4, -0.2) is 12.8 Å². The highest BCUT2D eigenvalue weighted by Crippen LogP contribution is 2.23. The molecular weight excluding hydrogens is 176 g/mol. The summed E-state index contributed by atoms with van der Waals surface area (Å²) in [6.07, 6.45) is -0.607. The molecule has 13 heavy (non-hydrogen) atoms. The fraction of sp³-hybridized carbons (Fsp3) is 0.333. The molecule has 2 N–H and O–H groups in total. The third kappa shape index (κ3) is 2.57. The third-order valence-corrected chi connectivity index (χ3v) is 1.52. The highest BCUT2D eigenvalue weighted by Gasteiger charge is 2.06. The van der Waals surface area contributed by atoms with Crippen molar-refractivity contribution in [3.05, 3.63) is 24.0 Å². The lowest BCUT2D eigenvalue weighted by Gasteiger charge is -2.12. The van der Waals surface area contributed by atoms with Crippen molar-refractivity contribution in [2.75, 3.05) is 12.4 Å². The molecule has 4 heteroatoms. The van der Waals surface area contributed by atoms with Gasteiger partial charge in [-0.15, -0.1) is 0 Å². The minimum atomic E-state index is -0.629. The highest BCUT2D eigenvalue weighted by atomic mass is 19.1. The van der Waals surface area contributed by atoms with Crippen LogP contribution in [0.25, 0.3) is 0 Å². The van der Waals surface area contributed by atoms with Crippen LogP contribution in [0.3, 0.4) is 0 Å². The van der Waals surface area contributed by atoms with Gasteiger partial charge < -0.3 is 10.5 Å². The van der Waals surface area contributed by atoms with E-state index in [1.807, 2.05) is 0 Å². The highest BCUT2D eigenvalue weighted by molar-refractivity contribution is 5.52. The number of halogens is 2. The van der Waals surface area contributed by atoms with Gasteiger partial charge in [0.1, 0.15) is 24.3 Å². The van der Waals surface area contributed by atoms with Crippen LogP contribution in [0.15, 0.2) is 18.2 Å². The summed E-state index contributed by atoms with van der Waals surface area (Å²) in [4.78, 5) is 0. The number of hydrogen-bond donors (Lipinski definition) is 1. The number of nitrogen functional groups attached to an aromatic ring is 1. The Bertz CT molecular complexity index is 291. The normalized spacial score (nSPS) is 12.5. The average molecular weight is 187 g/mol. The van der Waals surface area contributed by atoms with E-state index in [2.05, 4.69) is 0 Å². The molecule has 2 nitrogen and oxygen atoms in total. The second kappa shape index (κ2) is 4.07. The van der Waals surface area contributed by atoms with Crippen LogP contribution in [0.5, 0.6) is 5.75 Å². The van der Waals surface area contributed by atoms with E-state index in [4.69, 9.17) is 10.5 Å². The quantitative estimate of drug-likeness (QED) is 0.736. The molecule has 1 atom stereocenters. The number of rotatable bonds is 3. The van der Waals surface area contributed by atoms with Gasteiger partial charge in [-0.05, 0) is 19.1 Å². The SMILES string of the molecule is C[C@H](CF)Oc1cc(F)ccc1N. The number of ether oxygens (including phenoxy) is 1. The second-order valence-corrected chi connectivity index (χ2v) is 2.76. The zero-order valence-corrected chi connectivity index (χ0v) is 7.26. The Morgan fingerprint density at radius 1 is 1.54 bits per heavy atom. The van der Waals surface area contributed by atoms with Crippen molar-refractivity contribution in [1.82, 2.24) is 0 Å². The number of hydrogen-bond acceptors (Lipinski definition) is 2. The summed E-state index contributed by atoms with van der Waals surface area (Å²) in [7, 11) is 0. The monoisotopic (exact) mass is 187 g/mol. The molecule has 0 aromatic heterocycles. The molecule has 0 bridgehead atoms. The lowest BCUT2D eigenvalue weighted by Crippen LogP contribution is -2.14. The van der Waals surface area contributed by atoms with Gasteiger partial charge in [0.05, 0.1) is 5.69 Å². The maximum atomic E-state index is 12.7. The van der Waals surface area contributed by atoms with Gasteiger partial charge in [0.15, 0.2) is 0 Å². The molecule has 0 saturated carbocycles. The van der Waals surface area contributed by atoms with E-state index in [0.717, 1.165) is 6.07 Å². The largest absolute Gasteiger partial charge is 0.486 e. The molecule has 0 aliphatic heterocycles. The summed E-state index contributed by atoms with van der Waals surface area (Å²) >= 11 is 0. The van der Waals surface area contributed by atoms with Crippen molar-refractivity contribution < 1.29 is 13.5 Å². The van der Waals surface area contributed by atoms with Gasteiger partial charge in [-0.2, -0.15) is 0 Å². The number of alkyl halides is 1. The first-order valence-electron chi connectivity index (χ1n) is 3.91. The molecule has 1 aromatic rings. The van der Waals surface area contributed by atoms with Crippen LogP contribution in [0, 0.1) is 5.82 Å². The van der Waals surface area contributed by atoms with Gasteiger partial charge in [0, 0.05) is 6.07 Å². The first kappa shape index (κ1) is 9.77. The molecule has 0 heterocycles. The fourth-order valence-corrected chi connectivity index (χ4v) is 0.859. The smallest absolute Gasteiger partial charge is 0.145 e. The average Bonchev–Trinajstić information content (AvgIpc) is 2.11. The molecular formula is C9H11F2NO. The van der Waals surface area contributed by atoms with E-state index in [9.17, 15) is 8.78 Å². The summed E-state index contributed by atoms with van der Waals surface area (Å²) in [5.41, 5.74) is 5.79. The predicted molar refractivity (Wildman–Crippen MR) is 46.9 cm³/mol. The van der Waals surface area contributed by atoms with E-state index >= 15 is 0 Å². The van der Waals surface area contributed by atoms with Crippen LogP contribution in [0.4, 0.5) is 14.5 Å². The van der Waals surface area contributed by atoms with Crippen molar-refractivity contribution >= 4 is 5.69 Å². The second-order valence-electron chi connectivity index (χ2n) is 2.76. The van der Waals surface area contributed by atoms with E-state index in [-0.39, 0.29) is 5.75 Å². The zero-order valence-electron chi connectivity index (χ0n) is 7.26. The molecule has 0 aliphatic rings. The van der Waals surface area contributed by atoms with E-state index in [0.29, 0.717) is 5.69 Å². The maximum Gasteiger partial charge on any atom is 0.145 e. The van der Waals surface area contributed by atoms with Crippen molar-refractivity contribution in [3.63, 3.8) is 0 Å². The Hall–Kier alpha value is -1.32. The summed E-state index contributed by atoms with van der Waals surface area (Å²) in [6.45, 7) is 0.917. The Labute approximate surface area is 75.3 Å². The summed E-state index contributed by atoms with van der Waals surface area (Å²) < 4.78 is 29.8. The molecule has 0 unspecified atom stereocenters. The van der Waals surface area contributed by atoms with Crippen LogP contribution in [0.2, 0.25) is 0 Å². The molecule has 0 aliphatic carbocycles. The van der Waals surface area contributed by atoms with Crippen LogP contribution in [0.1, 0.15) is 6.92 Å². The van der Waals surface area contributed by atoms with Gasteiger partial charge in [-0.25, -0.2) is 8.78 Å². The number of benzene rings is 1. The zero-order chi connectivity index (χ0) is 9.84. The summed E-state index contributed by atoms with van der Waals surface area (Å²) in [5, 5.41) is 0. The van der Waals surface area contributed by atoms with Gasteiger partial charge >= 0.3 is 0 Å². The first-order valence-corrected chi connectivity index (χ1v) is 3.91. The van der Waals surface area contributed by atoms with Gasteiger partial charge in [-0.3, -0.25) is 0 Å². The van der Waals surface area contributed by atoms with Crippen molar-refractivity contribution in [1.29, 1.82) is 0 Å². The Balaban J connectivity index is 2.81. The Morgan fingerprint density at radius 3 is 2.85 bits per heavy atom. The third-order valence-electron chi connectivity index (χ3n) is 1.52. The molecule has 0 fully saturated rings. The topological polar surface area (TPSA) is 35.2 Å². The Kier molecular flexibility index (Phi) is 3.06. The van der Waals surface area contributed by atoms with E-state index in [1.54, 1.807) is 6.92 Å². The molecule has 0 saturated heterocycles. The summed E-state index contributed by atoms with van der Waals surface area (Å²) in [5.74, 6) is -0.264. The summed E-state index contributed by atoms with van der Waals surface area (Å²) in [6, 6.07) is 3.75. The standard InChI is InChI=1S/C9H11F2NO/c1-6(5-10)13-9-4-7(11)2-3-8(9)12/h2-4,6H,5,12H2,1H3/t6-/m1/s1. The van der Waals surface area contributed by atoms with Crippen molar-refractivity contribution in [2.24, 2.45) is 0 Å². The molecule has 0 spiro atoms. The number of anilines is 1. The van der Waals surface area contributed by atoms with Gasteiger partial charge in [0.2, 0.25) is 0 Å². The van der Waals surface area contributed by atoms with Gasteiger partial charge in [-0.1, -0.05) is 0 Å². The van der Waals surface area contributed by atoms with E-state index in [1.165, 1.54) is 12.1 Å². The van der Waals surface area contributed by atoms with Crippen LogP contribution in [-0.2, 0) is 0 Å². The lowest BCUT2D eigenvalue weighted by atomic mass is 10.3.